The van der Waals surface area contributed by atoms with E-state index in [1.165, 1.54) is 12.1 Å². The van der Waals surface area contributed by atoms with Crippen molar-refractivity contribution in [2.75, 3.05) is 13.2 Å². The maximum Gasteiger partial charge on any atom is 0.522 e. The van der Waals surface area contributed by atoms with Gasteiger partial charge in [0.15, 0.2) is 6.61 Å². The van der Waals surface area contributed by atoms with Crippen molar-refractivity contribution in [2.24, 2.45) is 0 Å². The van der Waals surface area contributed by atoms with Gasteiger partial charge in [0.05, 0.1) is 12.7 Å². The molecule has 1 aliphatic heterocycles. The smallest absolute Gasteiger partial charge is 0.484 e. The number of benzene rings is 1. The summed E-state index contributed by atoms with van der Waals surface area (Å²) in [5.74, 6) is -5.17. The van der Waals surface area contributed by atoms with E-state index in [4.69, 9.17) is 13.9 Å². The highest BCUT2D eigenvalue weighted by Crippen LogP contribution is 2.42. The summed E-state index contributed by atoms with van der Waals surface area (Å²) in [6.45, 7) is -1.11. The van der Waals surface area contributed by atoms with Crippen molar-refractivity contribution in [1.82, 2.24) is 15.5 Å². The van der Waals surface area contributed by atoms with Gasteiger partial charge in [0.2, 0.25) is 11.8 Å². The first-order valence-corrected chi connectivity index (χ1v) is 10.2. The van der Waals surface area contributed by atoms with Crippen LogP contribution in [-0.2, 0) is 14.3 Å². The van der Waals surface area contributed by atoms with Crippen molar-refractivity contribution in [3.05, 3.63) is 41.9 Å². The molecule has 2 atom stereocenters. The van der Waals surface area contributed by atoms with E-state index in [-0.39, 0.29) is 30.4 Å². The molecule has 14 heteroatoms. The second kappa shape index (κ2) is 9.41. The standard InChI is InChI=1S/C20H19F6N3O5/c21-11-1-3-12(4-2-11)31-9-16(30)27-15-8-32-14(7-19(15,22)23)18-29-28-17(33-18)10-5-13(6-10)34-20(24,25)26/h1-4,10,13-15H,5-9H2,(H,27,30)/t10?,13?,14-,15-/m1/s1. The Hall–Kier alpha value is -2.87. The number of rotatable bonds is 7. The molecule has 1 N–H and O–H groups in total. The first kappa shape index (κ1) is 24.3. The molecule has 0 spiro atoms. The lowest BCUT2D eigenvalue weighted by atomic mass is 9.82. The zero-order chi connectivity index (χ0) is 24.5. The van der Waals surface area contributed by atoms with Crippen LogP contribution in [0, 0.1) is 5.82 Å². The summed E-state index contributed by atoms with van der Waals surface area (Å²) in [7, 11) is 0. The molecule has 2 heterocycles. The molecular formula is C20H19F6N3O5. The molecule has 1 amide bonds. The number of ether oxygens (including phenoxy) is 3. The van der Waals surface area contributed by atoms with Crippen LogP contribution in [0.1, 0.15) is 43.1 Å². The van der Waals surface area contributed by atoms with Crippen molar-refractivity contribution >= 4 is 5.91 Å². The number of aromatic nitrogens is 2. The molecule has 2 fully saturated rings. The molecule has 1 saturated heterocycles. The molecule has 0 bridgehead atoms. The summed E-state index contributed by atoms with van der Waals surface area (Å²) >= 11 is 0. The normalized spacial score (nSPS) is 26.5. The first-order valence-electron chi connectivity index (χ1n) is 10.2. The first-order chi connectivity index (χ1) is 16.0. The van der Waals surface area contributed by atoms with Crippen LogP contribution in [0.25, 0.3) is 0 Å². The van der Waals surface area contributed by atoms with Crippen LogP contribution in [-0.4, -0.2) is 53.7 Å². The van der Waals surface area contributed by atoms with Gasteiger partial charge in [-0.3, -0.25) is 9.53 Å². The van der Waals surface area contributed by atoms with Gasteiger partial charge in [0.25, 0.3) is 11.8 Å². The molecule has 2 aromatic rings. The van der Waals surface area contributed by atoms with Crippen LogP contribution >= 0.6 is 0 Å². The SMILES string of the molecule is O=C(COc1ccc(F)cc1)N[C@@H]1CO[C@@H](c2nnc(C3CC(OC(F)(F)F)C3)o2)CC1(F)F. The molecule has 0 radical (unpaired) electrons. The number of carbonyl (C=O) groups excluding carboxylic acids is 1. The van der Waals surface area contributed by atoms with Crippen LogP contribution in [0.15, 0.2) is 28.7 Å². The van der Waals surface area contributed by atoms with Gasteiger partial charge in [-0.1, -0.05) is 0 Å². The van der Waals surface area contributed by atoms with E-state index in [2.05, 4.69) is 20.3 Å². The third-order valence-corrected chi connectivity index (χ3v) is 5.43. The summed E-state index contributed by atoms with van der Waals surface area (Å²) < 4.78 is 98.5. The lowest BCUT2D eigenvalue weighted by Gasteiger charge is -2.35. The van der Waals surface area contributed by atoms with E-state index in [1.807, 2.05) is 0 Å². The van der Waals surface area contributed by atoms with Crippen molar-refractivity contribution in [1.29, 1.82) is 0 Å². The third kappa shape index (κ3) is 5.97. The Labute approximate surface area is 188 Å². The number of alkyl halides is 5. The second-order valence-electron chi connectivity index (χ2n) is 7.98. The van der Waals surface area contributed by atoms with E-state index in [0.29, 0.717) is 0 Å². The molecule has 1 aliphatic carbocycles. The average molecular weight is 495 g/mol. The number of halogens is 6. The minimum Gasteiger partial charge on any atom is -0.484 e. The molecule has 4 rings (SSSR count). The lowest BCUT2D eigenvalue weighted by molar-refractivity contribution is -0.352. The van der Waals surface area contributed by atoms with E-state index in [0.717, 1.165) is 12.1 Å². The monoisotopic (exact) mass is 495 g/mol. The predicted molar refractivity (Wildman–Crippen MR) is 99.3 cm³/mol. The Morgan fingerprint density at radius 2 is 1.82 bits per heavy atom. The lowest BCUT2D eigenvalue weighted by Crippen LogP contribution is -2.55. The largest absolute Gasteiger partial charge is 0.522 e. The highest BCUT2D eigenvalue weighted by atomic mass is 19.4. The number of hydrogen-bond donors (Lipinski definition) is 1. The van der Waals surface area contributed by atoms with Gasteiger partial charge in [-0.2, -0.15) is 0 Å². The van der Waals surface area contributed by atoms with Crippen molar-refractivity contribution in [2.45, 2.75) is 55.7 Å². The molecule has 186 valence electrons. The number of nitrogens with zero attached hydrogens (tertiary/aromatic N) is 2. The Balaban J connectivity index is 1.26. The molecule has 1 saturated carbocycles. The van der Waals surface area contributed by atoms with E-state index >= 15 is 0 Å². The van der Waals surface area contributed by atoms with Gasteiger partial charge in [-0.25, -0.2) is 13.2 Å². The van der Waals surface area contributed by atoms with Gasteiger partial charge in [-0.15, -0.1) is 23.4 Å². The quantitative estimate of drug-likeness (QED) is 0.586. The van der Waals surface area contributed by atoms with Crippen LogP contribution in [0.4, 0.5) is 26.3 Å². The Bertz CT molecular complexity index is 993. The maximum atomic E-state index is 14.6. The average Bonchev–Trinajstić information content (AvgIpc) is 3.20. The van der Waals surface area contributed by atoms with Crippen molar-refractivity contribution < 1.29 is 49.8 Å². The highest BCUT2D eigenvalue weighted by Gasteiger charge is 2.49. The fraction of sp³-hybridized carbons (Fsp3) is 0.550. The molecule has 1 aromatic heterocycles. The van der Waals surface area contributed by atoms with Crippen molar-refractivity contribution in [3.8, 4) is 5.75 Å². The fourth-order valence-corrected chi connectivity index (χ4v) is 3.60. The molecule has 2 aliphatic rings. The molecule has 0 unspecified atom stereocenters. The Morgan fingerprint density at radius 3 is 2.47 bits per heavy atom. The van der Waals surface area contributed by atoms with Crippen LogP contribution in [0.2, 0.25) is 0 Å². The van der Waals surface area contributed by atoms with Gasteiger partial charge in [0.1, 0.15) is 23.7 Å². The predicted octanol–water partition coefficient (Wildman–Crippen LogP) is 3.65. The topological polar surface area (TPSA) is 95.7 Å². The summed E-state index contributed by atoms with van der Waals surface area (Å²) in [4.78, 5) is 12.0. The van der Waals surface area contributed by atoms with Crippen molar-refractivity contribution in [3.63, 3.8) is 0 Å². The Kier molecular flexibility index (Phi) is 6.71. The van der Waals surface area contributed by atoms with Gasteiger partial charge in [0, 0.05) is 12.3 Å². The molecule has 1 aromatic carbocycles. The zero-order valence-corrected chi connectivity index (χ0v) is 17.4. The fourth-order valence-electron chi connectivity index (χ4n) is 3.60. The number of nitrogens with one attached hydrogen (secondary N) is 1. The summed E-state index contributed by atoms with van der Waals surface area (Å²) in [6.07, 6.45) is -7.85. The van der Waals surface area contributed by atoms with Gasteiger partial charge < -0.3 is 19.2 Å². The van der Waals surface area contributed by atoms with Crippen LogP contribution in [0.5, 0.6) is 5.75 Å². The van der Waals surface area contributed by atoms with E-state index in [9.17, 15) is 31.1 Å². The molecule has 34 heavy (non-hydrogen) atoms. The summed E-state index contributed by atoms with van der Waals surface area (Å²) in [5, 5.41) is 9.56. The molecular weight excluding hydrogens is 476 g/mol. The number of hydrogen-bond acceptors (Lipinski definition) is 7. The van der Waals surface area contributed by atoms with E-state index < -0.39 is 67.8 Å². The minimum absolute atomic E-state index is 0.0108. The van der Waals surface area contributed by atoms with Crippen LogP contribution in [0.3, 0.4) is 0 Å². The minimum atomic E-state index is -4.74. The maximum absolute atomic E-state index is 14.6. The van der Waals surface area contributed by atoms with Gasteiger partial charge >= 0.3 is 6.36 Å². The summed E-state index contributed by atoms with van der Waals surface area (Å²) in [5.41, 5.74) is 0. The zero-order valence-electron chi connectivity index (χ0n) is 17.4. The second-order valence-corrected chi connectivity index (χ2v) is 7.98. The number of carbonyl (C=O) groups is 1. The molecule has 8 nitrogen and oxygen atoms in total. The third-order valence-electron chi connectivity index (χ3n) is 5.43. The highest BCUT2D eigenvalue weighted by molar-refractivity contribution is 5.78. The summed E-state index contributed by atoms with van der Waals surface area (Å²) in [6, 6.07) is 3.19. The van der Waals surface area contributed by atoms with E-state index in [1.54, 1.807) is 0 Å². The number of amides is 1. The van der Waals surface area contributed by atoms with Crippen LogP contribution < -0.4 is 10.1 Å². The Morgan fingerprint density at radius 1 is 1.15 bits per heavy atom. The van der Waals surface area contributed by atoms with Gasteiger partial charge in [-0.05, 0) is 37.1 Å².